The molecule has 0 saturated heterocycles. The average Bonchev–Trinajstić information content (AvgIpc) is 2.67. The Kier molecular flexibility index (Phi) is 8.70. The van der Waals surface area contributed by atoms with Crippen LogP contribution in [0.4, 0.5) is 5.69 Å². The van der Waals surface area contributed by atoms with Crippen molar-refractivity contribution in [1.82, 2.24) is 4.90 Å². The molecule has 0 radical (unpaired) electrons. The Hall–Kier alpha value is -2.33. The van der Waals surface area contributed by atoms with Gasteiger partial charge in [0, 0.05) is 6.54 Å². The molecule has 2 rings (SSSR count). The van der Waals surface area contributed by atoms with E-state index in [2.05, 4.69) is 30.1 Å². The van der Waals surface area contributed by atoms with Crippen molar-refractivity contribution < 1.29 is 9.53 Å². The van der Waals surface area contributed by atoms with Crippen LogP contribution in [0, 0.1) is 0 Å². The fourth-order valence-corrected chi connectivity index (χ4v) is 3.01. The summed E-state index contributed by atoms with van der Waals surface area (Å²) in [6.45, 7) is 8.23. The molecule has 0 saturated carbocycles. The predicted octanol–water partition coefficient (Wildman–Crippen LogP) is 4.50. The van der Waals surface area contributed by atoms with Crippen LogP contribution in [0.5, 0.6) is 5.75 Å². The number of amides is 1. The van der Waals surface area contributed by atoms with Gasteiger partial charge in [-0.15, -0.1) is 0 Å². The number of carbonyl (C=O) groups is 1. The lowest BCUT2D eigenvalue weighted by atomic mass is 10.1. The van der Waals surface area contributed by atoms with E-state index < -0.39 is 0 Å². The van der Waals surface area contributed by atoms with Crippen molar-refractivity contribution in [3.05, 3.63) is 59.7 Å². The summed E-state index contributed by atoms with van der Waals surface area (Å²) in [7, 11) is 0. The fourth-order valence-electron chi connectivity index (χ4n) is 3.01. The highest BCUT2D eigenvalue weighted by atomic mass is 16.5. The number of anilines is 1. The first-order valence-corrected chi connectivity index (χ1v) is 9.49. The molecular weight excluding hydrogens is 324 g/mol. The van der Waals surface area contributed by atoms with Crippen LogP contribution in [0.25, 0.3) is 0 Å². The molecule has 0 heterocycles. The first-order valence-electron chi connectivity index (χ1n) is 9.49. The van der Waals surface area contributed by atoms with E-state index in [1.165, 1.54) is 18.4 Å². The molecule has 0 aliphatic rings. The lowest BCUT2D eigenvalue weighted by molar-refractivity contribution is -0.105. The van der Waals surface area contributed by atoms with Gasteiger partial charge in [0.1, 0.15) is 12.4 Å². The van der Waals surface area contributed by atoms with Crippen LogP contribution in [0.1, 0.15) is 37.8 Å². The summed E-state index contributed by atoms with van der Waals surface area (Å²) in [6, 6.07) is 16.1. The number of nitrogens with zero attached hydrogens (tertiary/aromatic N) is 1. The van der Waals surface area contributed by atoms with E-state index in [1.54, 1.807) is 0 Å². The smallest absolute Gasteiger partial charge is 0.211 e. The van der Waals surface area contributed by atoms with Crippen molar-refractivity contribution in [2.75, 3.05) is 25.0 Å². The number of benzene rings is 2. The van der Waals surface area contributed by atoms with Gasteiger partial charge in [0.05, 0.1) is 5.69 Å². The molecule has 26 heavy (non-hydrogen) atoms. The van der Waals surface area contributed by atoms with Crippen LogP contribution in [-0.2, 0) is 17.8 Å². The van der Waals surface area contributed by atoms with Crippen molar-refractivity contribution in [2.24, 2.45) is 0 Å². The Bertz CT molecular complexity index is 652. The number of carbonyl (C=O) groups excluding carboxylic acids is 1. The molecule has 0 atom stereocenters. The maximum atomic E-state index is 10.9. The summed E-state index contributed by atoms with van der Waals surface area (Å²) in [5.41, 5.74) is 3.03. The van der Waals surface area contributed by atoms with Crippen molar-refractivity contribution in [3.63, 3.8) is 0 Å². The van der Waals surface area contributed by atoms with E-state index in [9.17, 15) is 4.79 Å². The molecule has 0 unspecified atom stereocenters. The summed E-state index contributed by atoms with van der Waals surface area (Å²) >= 11 is 0. The Balaban J connectivity index is 2.04. The lowest BCUT2D eigenvalue weighted by Crippen LogP contribution is -2.27. The molecule has 0 spiro atoms. The van der Waals surface area contributed by atoms with Crippen LogP contribution in [-0.4, -0.2) is 30.9 Å². The van der Waals surface area contributed by atoms with Crippen LogP contribution < -0.4 is 10.1 Å². The molecule has 2 aromatic rings. The number of hydrogen-bond donors (Lipinski definition) is 1. The SMILES string of the molecule is CCCN(CCC)CCc1ccc(NC=O)c(OCc2ccccc2)c1. The van der Waals surface area contributed by atoms with Gasteiger partial charge in [-0.2, -0.15) is 0 Å². The van der Waals surface area contributed by atoms with E-state index in [0.29, 0.717) is 18.7 Å². The van der Waals surface area contributed by atoms with E-state index in [0.717, 1.165) is 37.4 Å². The minimum atomic E-state index is 0.482. The van der Waals surface area contributed by atoms with E-state index in [-0.39, 0.29) is 0 Å². The number of ether oxygens (including phenoxy) is 1. The van der Waals surface area contributed by atoms with Gasteiger partial charge in [0.2, 0.25) is 6.41 Å². The third-order valence-corrected chi connectivity index (χ3v) is 4.29. The van der Waals surface area contributed by atoms with Gasteiger partial charge in [0.15, 0.2) is 0 Å². The molecule has 2 aromatic carbocycles. The fraction of sp³-hybridized carbons (Fsp3) is 0.409. The molecular formula is C22H30N2O2. The minimum Gasteiger partial charge on any atom is -0.487 e. The van der Waals surface area contributed by atoms with Gasteiger partial charge >= 0.3 is 0 Å². The van der Waals surface area contributed by atoms with Gasteiger partial charge in [0.25, 0.3) is 0 Å². The summed E-state index contributed by atoms with van der Waals surface area (Å²) in [5, 5.41) is 2.73. The molecule has 1 amide bonds. The Labute approximate surface area is 157 Å². The summed E-state index contributed by atoms with van der Waals surface area (Å²) in [4.78, 5) is 13.4. The topological polar surface area (TPSA) is 41.6 Å². The highest BCUT2D eigenvalue weighted by Gasteiger charge is 2.08. The molecule has 0 aromatic heterocycles. The number of rotatable bonds is 12. The number of hydrogen-bond acceptors (Lipinski definition) is 3. The summed E-state index contributed by atoms with van der Waals surface area (Å²) in [5.74, 6) is 0.719. The largest absolute Gasteiger partial charge is 0.487 e. The zero-order chi connectivity index (χ0) is 18.6. The average molecular weight is 354 g/mol. The lowest BCUT2D eigenvalue weighted by Gasteiger charge is -2.21. The molecule has 0 bridgehead atoms. The quantitative estimate of drug-likeness (QED) is 0.571. The molecule has 0 aliphatic heterocycles. The Morgan fingerprint density at radius 3 is 2.35 bits per heavy atom. The van der Waals surface area contributed by atoms with Crippen molar-refractivity contribution in [2.45, 2.75) is 39.7 Å². The zero-order valence-electron chi connectivity index (χ0n) is 15.9. The molecule has 0 fully saturated rings. The standard InChI is InChI=1S/C22H30N2O2/c1-3-13-24(14-4-2)15-12-19-10-11-21(23-18-25)22(16-19)26-17-20-8-6-5-7-9-20/h5-11,16,18H,3-4,12-15,17H2,1-2H3,(H,23,25). The van der Waals surface area contributed by atoms with Crippen molar-refractivity contribution in [3.8, 4) is 5.75 Å². The van der Waals surface area contributed by atoms with Gasteiger partial charge in [-0.1, -0.05) is 50.2 Å². The number of nitrogens with one attached hydrogen (secondary N) is 1. The van der Waals surface area contributed by atoms with Gasteiger partial charge in [-0.05, 0) is 55.6 Å². The van der Waals surface area contributed by atoms with Gasteiger partial charge in [-0.25, -0.2) is 0 Å². The van der Waals surface area contributed by atoms with Crippen LogP contribution in [0.15, 0.2) is 48.5 Å². The maximum absolute atomic E-state index is 10.9. The van der Waals surface area contributed by atoms with Gasteiger partial charge < -0.3 is 15.0 Å². The first-order chi connectivity index (χ1) is 12.8. The second kappa shape index (κ2) is 11.3. The van der Waals surface area contributed by atoms with Crippen LogP contribution >= 0.6 is 0 Å². The van der Waals surface area contributed by atoms with E-state index in [4.69, 9.17) is 4.74 Å². The van der Waals surface area contributed by atoms with Crippen LogP contribution in [0.3, 0.4) is 0 Å². The molecule has 140 valence electrons. The highest BCUT2D eigenvalue weighted by molar-refractivity contribution is 5.75. The minimum absolute atomic E-state index is 0.482. The molecule has 4 heteroatoms. The summed E-state index contributed by atoms with van der Waals surface area (Å²) in [6.07, 6.45) is 4.01. The van der Waals surface area contributed by atoms with E-state index in [1.807, 2.05) is 42.5 Å². The second-order valence-electron chi connectivity index (χ2n) is 6.46. The van der Waals surface area contributed by atoms with Gasteiger partial charge in [-0.3, -0.25) is 4.79 Å². The molecule has 1 N–H and O–H groups in total. The monoisotopic (exact) mass is 354 g/mol. The Morgan fingerprint density at radius 1 is 0.962 bits per heavy atom. The summed E-state index contributed by atoms with van der Waals surface area (Å²) < 4.78 is 5.98. The second-order valence-corrected chi connectivity index (χ2v) is 6.46. The zero-order valence-corrected chi connectivity index (χ0v) is 15.9. The normalized spacial score (nSPS) is 10.7. The Morgan fingerprint density at radius 2 is 1.69 bits per heavy atom. The highest BCUT2D eigenvalue weighted by Crippen LogP contribution is 2.27. The van der Waals surface area contributed by atoms with Crippen molar-refractivity contribution in [1.29, 1.82) is 0 Å². The molecule has 4 nitrogen and oxygen atoms in total. The predicted molar refractivity (Wildman–Crippen MR) is 108 cm³/mol. The van der Waals surface area contributed by atoms with Crippen molar-refractivity contribution >= 4 is 12.1 Å². The maximum Gasteiger partial charge on any atom is 0.211 e. The third-order valence-electron chi connectivity index (χ3n) is 4.29. The third kappa shape index (κ3) is 6.52. The van der Waals surface area contributed by atoms with E-state index >= 15 is 0 Å². The molecule has 0 aliphatic carbocycles. The van der Waals surface area contributed by atoms with Crippen LogP contribution in [0.2, 0.25) is 0 Å². The first kappa shape index (κ1) is 20.0.